The molecule has 4 nitrogen and oxygen atoms in total. The maximum atomic E-state index is 4.59. The van der Waals surface area contributed by atoms with Gasteiger partial charge in [0.25, 0.3) is 0 Å². The number of piperidine rings is 1. The van der Waals surface area contributed by atoms with Crippen molar-refractivity contribution in [1.82, 2.24) is 9.97 Å². The highest BCUT2D eigenvalue weighted by Gasteiger charge is 2.22. The van der Waals surface area contributed by atoms with E-state index in [9.17, 15) is 0 Å². The van der Waals surface area contributed by atoms with Gasteiger partial charge in [0.1, 0.15) is 5.82 Å². The lowest BCUT2D eigenvalue weighted by Gasteiger charge is -2.36. The fourth-order valence-electron chi connectivity index (χ4n) is 2.48. The minimum atomic E-state index is 0.626. The quantitative estimate of drug-likeness (QED) is 0.811. The predicted octanol–water partition coefficient (Wildman–Crippen LogP) is 2.84. The summed E-state index contributed by atoms with van der Waals surface area (Å²) < 4.78 is 0. The average molecular weight is 246 g/mol. The topological polar surface area (TPSA) is 41.1 Å². The second kappa shape index (κ2) is 6.38. The summed E-state index contributed by atoms with van der Waals surface area (Å²) in [4.78, 5) is 11.2. The number of hydrogen-bond acceptors (Lipinski definition) is 4. The van der Waals surface area contributed by atoms with Gasteiger partial charge in [0.05, 0.1) is 0 Å². The first-order valence-corrected chi connectivity index (χ1v) is 6.79. The van der Waals surface area contributed by atoms with E-state index in [4.69, 9.17) is 0 Å². The van der Waals surface area contributed by atoms with Crippen molar-refractivity contribution in [2.45, 2.75) is 38.6 Å². The van der Waals surface area contributed by atoms with Gasteiger partial charge >= 0.3 is 0 Å². The first-order chi connectivity index (χ1) is 8.85. The van der Waals surface area contributed by atoms with Crippen LogP contribution in [0.5, 0.6) is 0 Å². The van der Waals surface area contributed by atoms with Crippen LogP contribution in [0.25, 0.3) is 0 Å². The maximum Gasteiger partial charge on any atom is 0.224 e. The van der Waals surface area contributed by atoms with Crippen LogP contribution in [0.1, 0.15) is 32.6 Å². The number of hydrogen-bond donors (Lipinski definition) is 1. The Labute approximate surface area is 109 Å². The second-order valence-corrected chi connectivity index (χ2v) is 4.66. The van der Waals surface area contributed by atoms with Crippen molar-refractivity contribution in [1.29, 1.82) is 0 Å². The Bertz CT molecular complexity index is 391. The van der Waals surface area contributed by atoms with Gasteiger partial charge in [0.15, 0.2) is 0 Å². The summed E-state index contributed by atoms with van der Waals surface area (Å²) in [7, 11) is 0. The van der Waals surface area contributed by atoms with E-state index < -0.39 is 0 Å². The number of rotatable bonds is 5. The number of nitrogens with zero attached hydrogens (tertiary/aromatic N) is 3. The number of nitrogens with one attached hydrogen (secondary N) is 1. The van der Waals surface area contributed by atoms with Crippen LogP contribution in [-0.4, -0.2) is 29.1 Å². The van der Waals surface area contributed by atoms with Crippen LogP contribution >= 0.6 is 0 Å². The normalized spacial score (nSPS) is 19.6. The fourth-order valence-corrected chi connectivity index (χ4v) is 2.48. The standard InChI is InChI=1S/C14H22N4/c1-3-9-15-14-16-10-8-13(17-14)18-11-6-5-7-12(18)4-2/h3,8,10,12H,1,4-7,9,11H2,2H3,(H,15,16,17). The van der Waals surface area contributed by atoms with E-state index in [0.717, 1.165) is 12.4 Å². The van der Waals surface area contributed by atoms with Crippen LogP contribution in [0, 0.1) is 0 Å². The molecule has 1 unspecified atom stereocenters. The molecule has 1 atom stereocenters. The van der Waals surface area contributed by atoms with Crippen molar-refractivity contribution in [2.24, 2.45) is 0 Å². The molecule has 2 heterocycles. The van der Waals surface area contributed by atoms with Crippen LogP contribution in [0.2, 0.25) is 0 Å². The molecule has 0 aromatic carbocycles. The number of aromatic nitrogens is 2. The summed E-state index contributed by atoms with van der Waals surface area (Å²) in [6.45, 7) is 7.74. The molecule has 1 fully saturated rings. The molecule has 1 saturated heterocycles. The Kier molecular flexibility index (Phi) is 4.56. The Morgan fingerprint density at radius 2 is 2.44 bits per heavy atom. The van der Waals surface area contributed by atoms with E-state index in [1.54, 1.807) is 0 Å². The Balaban J connectivity index is 2.12. The minimum absolute atomic E-state index is 0.626. The van der Waals surface area contributed by atoms with Crippen LogP contribution in [-0.2, 0) is 0 Å². The molecule has 1 aliphatic heterocycles. The van der Waals surface area contributed by atoms with E-state index in [1.807, 2.05) is 18.3 Å². The summed E-state index contributed by atoms with van der Waals surface area (Å²) >= 11 is 0. The van der Waals surface area contributed by atoms with Gasteiger partial charge in [-0.05, 0) is 31.7 Å². The fraction of sp³-hybridized carbons (Fsp3) is 0.571. The molecule has 0 bridgehead atoms. The number of anilines is 2. The van der Waals surface area contributed by atoms with Crippen molar-refractivity contribution in [3.8, 4) is 0 Å². The van der Waals surface area contributed by atoms with E-state index in [2.05, 4.69) is 33.7 Å². The van der Waals surface area contributed by atoms with Gasteiger partial charge in [-0.25, -0.2) is 4.98 Å². The molecule has 1 aromatic heterocycles. The van der Waals surface area contributed by atoms with Gasteiger partial charge in [-0.1, -0.05) is 13.0 Å². The van der Waals surface area contributed by atoms with Gasteiger partial charge in [-0.15, -0.1) is 6.58 Å². The predicted molar refractivity (Wildman–Crippen MR) is 76.0 cm³/mol. The summed E-state index contributed by atoms with van der Waals surface area (Å²) in [6.07, 6.45) is 8.69. The molecule has 18 heavy (non-hydrogen) atoms. The summed E-state index contributed by atoms with van der Waals surface area (Å²) in [5, 5.41) is 3.14. The molecule has 0 saturated carbocycles. The molecule has 1 aromatic rings. The third kappa shape index (κ3) is 3.00. The lowest BCUT2D eigenvalue weighted by atomic mass is 10.0. The average Bonchev–Trinajstić information content (AvgIpc) is 2.45. The first kappa shape index (κ1) is 12.9. The zero-order chi connectivity index (χ0) is 12.8. The lowest BCUT2D eigenvalue weighted by molar-refractivity contribution is 0.447. The third-order valence-electron chi connectivity index (χ3n) is 3.44. The molecule has 4 heteroatoms. The van der Waals surface area contributed by atoms with Crippen LogP contribution < -0.4 is 10.2 Å². The van der Waals surface area contributed by atoms with Gasteiger partial charge in [0, 0.05) is 25.3 Å². The van der Waals surface area contributed by atoms with Crippen molar-refractivity contribution in [2.75, 3.05) is 23.3 Å². The lowest BCUT2D eigenvalue weighted by Crippen LogP contribution is -2.39. The van der Waals surface area contributed by atoms with Crippen molar-refractivity contribution >= 4 is 11.8 Å². The highest BCUT2D eigenvalue weighted by molar-refractivity contribution is 5.44. The highest BCUT2D eigenvalue weighted by atomic mass is 15.2. The van der Waals surface area contributed by atoms with Crippen LogP contribution in [0.15, 0.2) is 24.9 Å². The molecule has 0 radical (unpaired) electrons. The monoisotopic (exact) mass is 246 g/mol. The molecular formula is C14H22N4. The maximum absolute atomic E-state index is 4.59. The molecule has 1 aliphatic rings. The third-order valence-corrected chi connectivity index (χ3v) is 3.44. The Hall–Kier alpha value is -1.58. The minimum Gasteiger partial charge on any atom is -0.353 e. The van der Waals surface area contributed by atoms with Crippen molar-refractivity contribution in [3.63, 3.8) is 0 Å². The van der Waals surface area contributed by atoms with E-state index >= 15 is 0 Å². The smallest absolute Gasteiger partial charge is 0.224 e. The zero-order valence-electron chi connectivity index (χ0n) is 11.1. The Morgan fingerprint density at radius 1 is 1.56 bits per heavy atom. The van der Waals surface area contributed by atoms with Crippen LogP contribution in [0.3, 0.4) is 0 Å². The second-order valence-electron chi connectivity index (χ2n) is 4.66. The van der Waals surface area contributed by atoms with Gasteiger partial charge in [-0.2, -0.15) is 4.98 Å². The largest absolute Gasteiger partial charge is 0.353 e. The molecule has 1 N–H and O–H groups in total. The van der Waals surface area contributed by atoms with E-state index in [-0.39, 0.29) is 0 Å². The van der Waals surface area contributed by atoms with Gasteiger partial charge in [-0.3, -0.25) is 0 Å². The zero-order valence-corrected chi connectivity index (χ0v) is 11.1. The van der Waals surface area contributed by atoms with E-state index in [0.29, 0.717) is 18.5 Å². The summed E-state index contributed by atoms with van der Waals surface area (Å²) in [6, 6.07) is 2.63. The molecule has 98 valence electrons. The SMILES string of the molecule is C=CCNc1nccc(N2CCCCC2CC)n1. The molecule has 0 aliphatic carbocycles. The van der Waals surface area contributed by atoms with E-state index in [1.165, 1.54) is 25.7 Å². The van der Waals surface area contributed by atoms with Crippen molar-refractivity contribution < 1.29 is 0 Å². The van der Waals surface area contributed by atoms with Gasteiger partial charge in [0.2, 0.25) is 5.95 Å². The highest BCUT2D eigenvalue weighted by Crippen LogP contribution is 2.25. The Morgan fingerprint density at radius 3 is 3.22 bits per heavy atom. The molecule has 2 rings (SSSR count). The molecule has 0 amide bonds. The molecular weight excluding hydrogens is 224 g/mol. The first-order valence-electron chi connectivity index (χ1n) is 6.79. The summed E-state index contributed by atoms with van der Waals surface area (Å²) in [5.41, 5.74) is 0. The van der Waals surface area contributed by atoms with Crippen LogP contribution in [0.4, 0.5) is 11.8 Å². The molecule has 0 spiro atoms. The summed E-state index contributed by atoms with van der Waals surface area (Å²) in [5.74, 6) is 1.73. The van der Waals surface area contributed by atoms with Gasteiger partial charge < -0.3 is 10.2 Å². The van der Waals surface area contributed by atoms with Crippen molar-refractivity contribution in [3.05, 3.63) is 24.9 Å².